The maximum atomic E-state index is 12.6. The molecule has 4 rings (SSSR count). The first kappa shape index (κ1) is 21.5. The van der Waals surface area contributed by atoms with E-state index in [2.05, 4.69) is 10.3 Å². The molecule has 4 aromatic rings. The summed E-state index contributed by atoms with van der Waals surface area (Å²) in [6.07, 6.45) is 1.35. The van der Waals surface area contributed by atoms with E-state index in [0.717, 1.165) is 11.1 Å². The van der Waals surface area contributed by atoms with Gasteiger partial charge in [0.05, 0.1) is 10.6 Å². The van der Waals surface area contributed by atoms with Gasteiger partial charge in [-0.25, -0.2) is 13.4 Å². The first-order valence-corrected chi connectivity index (χ1v) is 11.7. The van der Waals surface area contributed by atoms with Gasteiger partial charge in [0.25, 0.3) is 5.91 Å². The van der Waals surface area contributed by atoms with Gasteiger partial charge in [0.2, 0.25) is 5.89 Å². The average molecular weight is 447 g/mol. The van der Waals surface area contributed by atoms with Crippen LogP contribution in [-0.4, -0.2) is 19.3 Å². The molecular weight excluding hydrogens is 424 g/mol. The highest BCUT2D eigenvalue weighted by Gasteiger charge is 2.18. The minimum absolute atomic E-state index is 0.183. The van der Waals surface area contributed by atoms with Gasteiger partial charge >= 0.3 is 0 Å². The molecule has 3 aromatic carbocycles. The quantitative estimate of drug-likeness (QED) is 0.450. The molecule has 0 saturated heterocycles. The normalized spacial score (nSPS) is 11.3. The number of aryl methyl sites for hydroxylation is 1. The highest BCUT2D eigenvalue weighted by atomic mass is 32.2. The Morgan fingerprint density at radius 2 is 1.62 bits per heavy atom. The number of nitrogens with zero attached hydrogens (tertiary/aromatic N) is 1. The second-order valence-corrected chi connectivity index (χ2v) is 9.45. The lowest BCUT2D eigenvalue weighted by atomic mass is 10.1. The van der Waals surface area contributed by atoms with E-state index in [0.29, 0.717) is 29.3 Å². The summed E-state index contributed by atoms with van der Waals surface area (Å²) >= 11 is 0. The van der Waals surface area contributed by atoms with Crippen molar-refractivity contribution in [3.8, 4) is 11.5 Å². The molecule has 7 heteroatoms. The third-order valence-electron chi connectivity index (χ3n) is 4.96. The van der Waals surface area contributed by atoms with Crippen molar-refractivity contribution >= 4 is 15.7 Å². The molecule has 0 fully saturated rings. The van der Waals surface area contributed by atoms with Crippen LogP contribution < -0.4 is 5.32 Å². The second kappa shape index (κ2) is 9.20. The third-order valence-corrected chi connectivity index (χ3v) is 6.63. The summed E-state index contributed by atoms with van der Waals surface area (Å²) < 4.78 is 30.7. The van der Waals surface area contributed by atoms with Crippen molar-refractivity contribution in [3.05, 3.63) is 108 Å². The zero-order chi connectivity index (χ0) is 22.6. The molecule has 0 bridgehead atoms. The Kier molecular flexibility index (Phi) is 6.18. The second-order valence-electron chi connectivity index (χ2n) is 7.46. The van der Waals surface area contributed by atoms with Crippen molar-refractivity contribution in [1.29, 1.82) is 0 Å². The molecule has 0 saturated carbocycles. The third kappa shape index (κ3) is 5.12. The van der Waals surface area contributed by atoms with E-state index >= 15 is 0 Å². The standard InChI is InChI=1S/C25H22N2O4S/c1-18-7-13-23(14-8-18)32(29,30)17-22-16-31-25(27-22)21-11-9-20(10-12-21)24(28)26-15-19-5-3-2-4-6-19/h2-14,16H,15,17H2,1H3,(H,26,28). The fraction of sp³-hybridized carbons (Fsp3) is 0.120. The average Bonchev–Trinajstić information content (AvgIpc) is 3.26. The van der Waals surface area contributed by atoms with Gasteiger partial charge in [-0.3, -0.25) is 4.79 Å². The molecule has 0 spiro atoms. The van der Waals surface area contributed by atoms with Crippen molar-refractivity contribution in [2.75, 3.05) is 0 Å². The monoisotopic (exact) mass is 446 g/mol. The minimum atomic E-state index is -3.52. The van der Waals surface area contributed by atoms with Crippen molar-refractivity contribution < 1.29 is 17.6 Å². The van der Waals surface area contributed by atoms with E-state index in [1.54, 1.807) is 48.5 Å². The van der Waals surface area contributed by atoms with Crippen molar-refractivity contribution in [2.45, 2.75) is 24.1 Å². The molecule has 1 N–H and O–H groups in total. The summed E-state index contributed by atoms with van der Waals surface area (Å²) in [5.41, 5.74) is 3.50. The molecule has 0 radical (unpaired) electrons. The van der Waals surface area contributed by atoms with Crippen molar-refractivity contribution in [1.82, 2.24) is 10.3 Å². The van der Waals surface area contributed by atoms with Crippen LogP contribution in [0, 0.1) is 6.92 Å². The largest absolute Gasteiger partial charge is 0.444 e. The van der Waals surface area contributed by atoms with E-state index in [1.807, 2.05) is 37.3 Å². The molecule has 0 aliphatic rings. The summed E-state index contributed by atoms with van der Waals surface area (Å²) in [6, 6.07) is 23.2. The summed E-state index contributed by atoms with van der Waals surface area (Å²) in [5.74, 6) is -0.132. The van der Waals surface area contributed by atoms with Crippen LogP contribution in [0.1, 0.15) is 27.2 Å². The Bertz CT molecular complexity index is 1310. The Hall–Kier alpha value is -3.71. The van der Waals surface area contributed by atoms with Gasteiger partial charge in [0.1, 0.15) is 12.0 Å². The number of rotatable bonds is 7. The summed E-state index contributed by atoms with van der Waals surface area (Å²) in [6.45, 7) is 2.35. The number of carbonyl (C=O) groups is 1. The SMILES string of the molecule is Cc1ccc(S(=O)(=O)Cc2coc(-c3ccc(C(=O)NCc4ccccc4)cc3)n2)cc1. The zero-order valence-electron chi connectivity index (χ0n) is 17.5. The van der Waals surface area contributed by atoms with Crippen LogP contribution in [0.15, 0.2) is 94.4 Å². The number of amides is 1. The lowest BCUT2D eigenvalue weighted by Gasteiger charge is -2.06. The van der Waals surface area contributed by atoms with Crippen LogP contribution in [-0.2, 0) is 22.1 Å². The number of hydrogen-bond donors (Lipinski definition) is 1. The molecule has 162 valence electrons. The highest BCUT2D eigenvalue weighted by Crippen LogP contribution is 2.22. The molecule has 0 unspecified atom stereocenters. The van der Waals surface area contributed by atoms with E-state index in [1.165, 1.54) is 6.26 Å². The first-order valence-electron chi connectivity index (χ1n) is 10.1. The first-order chi connectivity index (χ1) is 15.4. The maximum absolute atomic E-state index is 12.6. The van der Waals surface area contributed by atoms with Crippen LogP contribution in [0.4, 0.5) is 0 Å². The Labute approximate surface area is 186 Å². The minimum Gasteiger partial charge on any atom is -0.444 e. The summed E-state index contributed by atoms with van der Waals surface area (Å²) in [4.78, 5) is 16.9. The molecule has 1 amide bonds. The fourth-order valence-electron chi connectivity index (χ4n) is 3.17. The number of aromatic nitrogens is 1. The number of sulfone groups is 1. The van der Waals surface area contributed by atoms with Crippen LogP contribution in [0.2, 0.25) is 0 Å². The van der Waals surface area contributed by atoms with Crippen LogP contribution in [0.3, 0.4) is 0 Å². The van der Waals surface area contributed by atoms with Crippen LogP contribution in [0.25, 0.3) is 11.5 Å². The molecule has 0 aliphatic heterocycles. The highest BCUT2D eigenvalue weighted by molar-refractivity contribution is 7.90. The molecule has 6 nitrogen and oxygen atoms in total. The Balaban J connectivity index is 1.41. The lowest BCUT2D eigenvalue weighted by molar-refractivity contribution is 0.0951. The number of nitrogens with one attached hydrogen (secondary N) is 1. The number of carbonyl (C=O) groups excluding carboxylic acids is 1. The smallest absolute Gasteiger partial charge is 0.251 e. The van der Waals surface area contributed by atoms with E-state index in [9.17, 15) is 13.2 Å². The van der Waals surface area contributed by atoms with Crippen LogP contribution in [0.5, 0.6) is 0 Å². The molecule has 0 aliphatic carbocycles. The van der Waals surface area contributed by atoms with Crippen LogP contribution >= 0.6 is 0 Å². The van der Waals surface area contributed by atoms with Gasteiger partial charge in [-0.2, -0.15) is 0 Å². The van der Waals surface area contributed by atoms with Gasteiger partial charge < -0.3 is 9.73 Å². The number of benzene rings is 3. The summed E-state index contributed by atoms with van der Waals surface area (Å²) in [7, 11) is -3.52. The van der Waals surface area contributed by atoms with Crippen molar-refractivity contribution in [2.24, 2.45) is 0 Å². The summed E-state index contributed by atoms with van der Waals surface area (Å²) in [5, 5.41) is 2.88. The maximum Gasteiger partial charge on any atom is 0.251 e. The van der Waals surface area contributed by atoms with Gasteiger partial charge in [0, 0.05) is 17.7 Å². The molecular formula is C25H22N2O4S. The molecule has 32 heavy (non-hydrogen) atoms. The number of hydrogen-bond acceptors (Lipinski definition) is 5. The number of oxazole rings is 1. The predicted octanol–water partition coefficient (Wildman–Crippen LogP) is 4.55. The molecule has 1 heterocycles. The predicted molar refractivity (Wildman–Crippen MR) is 122 cm³/mol. The molecule has 0 atom stereocenters. The van der Waals surface area contributed by atoms with E-state index in [-0.39, 0.29) is 16.6 Å². The van der Waals surface area contributed by atoms with E-state index in [4.69, 9.17) is 4.42 Å². The molecule has 1 aromatic heterocycles. The van der Waals surface area contributed by atoms with Crippen molar-refractivity contribution in [3.63, 3.8) is 0 Å². The van der Waals surface area contributed by atoms with Gasteiger partial charge in [-0.15, -0.1) is 0 Å². The zero-order valence-corrected chi connectivity index (χ0v) is 18.3. The topological polar surface area (TPSA) is 89.3 Å². The Morgan fingerprint density at radius 3 is 2.31 bits per heavy atom. The fourth-order valence-corrected chi connectivity index (χ4v) is 4.41. The van der Waals surface area contributed by atoms with E-state index < -0.39 is 9.84 Å². The van der Waals surface area contributed by atoms with Gasteiger partial charge in [-0.1, -0.05) is 48.0 Å². The lowest BCUT2D eigenvalue weighted by Crippen LogP contribution is -2.22. The Morgan fingerprint density at radius 1 is 0.938 bits per heavy atom. The van der Waals surface area contributed by atoms with Gasteiger partial charge in [-0.05, 0) is 48.9 Å². The van der Waals surface area contributed by atoms with Gasteiger partial charge in [0.15, 0.2) is 9.84 Å².